The van der Waals surface area contributed by atoms with Gasteiger partial charge >= 0.3 is 0 Å². The number of hydrogen-bond donors (Lipinski definition) is 2. The lowest BCUT2D eigenvalue weighted by atomic mass is 9.79. The molecule has 0 saturated carbocycles. The van der Waals surface area contributed by atoms with E-state index < -0.39 is 17.0 Å². The monoisotopic (exact) mass is 456 g/mol. The summed E-state index contributed by atoms with van der Waals surface area (Å²) < 4.78 is 27.1. The van der Waals surface area contributed by atoms with Gasteiger partial charge < -0.3 is 10.6 Å². The van der Waals surface area contributed by atoms with Crippen LogP contribution in [0, 0.1) is 11.6 Å². The molecule has 2 aliphatic rings. The van der Waals surface area contributed by atoms with Gasteiger partial charge in [0.15, 0.2) is 0 Å². The van der Waals surface area contributed by atoms with Gasteiger partial charge in [0.05, 0.1) is 10.9 Å². The first-order valence-electron chi connectivity index (χ1n) is 11.3. The Labute approximate surface area is 195 Å². The Balaban J connectivity index is 1.25. The largest absolute Gasteiger partial charge is 0.310 e. The fraction of sp³-hybridized carbons (Fsp3) is 0.222. The van der Waals surface area contributed by atoms with Crippen LogP contribution in [-0.2, 0) is 29.6 Å². The van der Waals surface area contributed by atoms with Crippen LogP contribution in [0.4, 0.5) is 14.6 Å². The molecule has 3 heterocycles. The molecule has 170 valence electrons. The number of nitrogens with zero attached hydrogens (tertiary/aromatic N) is 2. The van der Waals surface area contributed by atoms with E-state index in [0.29, 0.717) is 30.8 Å². The van der Waals surface area contributed by atoms with E-state index in [1.165, 1.54) is 12.1 Å². The Bertz CT molecular complexity index is 1450. The highest BCUT2D eigenvalue weighted by atomic mass is 19.1. The molecular weight excluding hydrogens is 434 g/mol. The highest BCUT2D eigenvalue weighted by molar-refractivity contribution is 6.06. The molecule has 2 aromatic carbocycles. The fourth-order valence-corrected chi connectivity index (χ4v) is 5.26. The van der Waals surface area contributed by atoms with Crippen LogP contribution in [0.3, 0.4) is 0 Å². The first kappa shape index (κ1) is 20.9. The third-order valence-electron chi connectivity index (χ3n) is 7.03. The number of fused-ring (bicyclic) bond motifs is 4. The Hall–Kier alpha value is -3.71. The number of carbonyl (C=O) groups excluding carboxylic acids is 1. The number of aromatic nitrogens is 2. The second-order valence-corrected chi connectivity index (χ2v) is 9.25. The average molecular weight is 456 g/mol. The van der Waals surface area contributed by atoms with Crippen LogP contribution in [0.5, 0.6) is 0 Å². The molecule has 7 heteroatoms. The molecule has 0 radical (unpaired) electrons. The zero-order valence-electron chi connectivity index (χ0n) is 18.5. The standard InChI is InChI=1S/C27H22F2N4O/c1-15(17-7-21(28)10-22(29)8-17)31-13-16-5-18-6-19-11-27(12-20(19)9-24(18)32-14-16)23-3-2-4-30-25(23)33-26(27)34/h2-10,14-15,31H,11-13H2,1H3,(H,30,33,34)/t15-,27+/m1/s1. The summed E-state index contributed by atoms with van der Waals surface area (Å²) in [6.45, 7) is 2.37. The smallest absolute Gasteiger partial charge is 0.237 e. The normalized spacial score (nSPS) is 19.3. The van der Waals surface area contributed by atoms with Gasteiger partial charge in [-0.3, -0.25) is 9.78 Å². The molecular formula is C27H22F2N4O. The summed E-state index contributed by atoms with van der Waals surface area (Å²) in [5.74, 6) is -0.514. The maximum absolute atomic E-state index is 13.5. The maximum atomic E-state index is 13.5. The van der Waals surface area contributed by atoms with Crippen molar-refractivity contribution in [2.75, 3.05) is 5.32 Å². The average Bonchev–Trinajstić information content (AvgIpc) is 3.32. The van der Waals surface area contributed by atoms with Crippen molar-refractivity contribution in [1.29, 1.82) is 0 Å². The lowest BCUT2D eigenvalue weighted by Gasteiger charge is -2.20. The van der Waals surface area contributed by atoms with Gasteiger partial charge in [-0.1, -0.05) is 6.07 Å². The van der Waals surface area contributed by atoms with Crippen LogP contribution in [0.2, 0.25) is 0 Å². The summed E-state index contributed by atoms with van der Waals surface area (Å²) in [6.07, 6.45) is 4.77. The van der Waals surface area contributed by atoms with E-state index in [9.17, 15) is 13.6 Å². The summed E-state index contributed by atoms with van der Waals surface area (Å²) in [6, 6.07) is 13.5. The predicted octanol–water partition coefficient (Wildman–Crippen LogP) is 4.75. The number of hydrogen-bond acceptors (Lipinski definition) is 4. The Kier molecular flexibility index (Phi) is 4.71. The van der Waals surface area contributed by atoms with Crippen molar-refractivity contribution >= 4 is 22.6 Å². The van der Waals surface area contributed by atoms with Crippen LogP contribution >= 0.6 is 0 Å². The summed E-state index contributed by atoms with van der Waals surface area (Å²) in [4.78, 5) is 21.9. The molecule has 0 unspecified atom stereocenters. The molecule has 4 aromatic rings. The van der Waals surface area contributed by atoms with Crippen LogP contribution in [0.15, 0.2) is 60.9 Å². The molecule has 0 saturated heterocycles. The Morgan fingerprint density at radius 3 is 2.62 bits per heavy atom. The van der Waals surface area contributed by atoms with Gasteiger partial charge in [0, 0.05) is 42.0 Å². The number of benzene rings is 2. The first-order valence-corrected chi connectivity index (χ1v) is 11.3. The van der Waals surface area contributed by atoms with Crippen molar-refractivity contribution < 1.29 is 13.6 Å². The molecule has 2 aromatic heterocycles. The number of pyridine rings is 2. The van der Waals surface area contributed by atoms with E-state index >= 15 is 0 Å². The summed E-state index contributed by atoms with van der Waals surface area (Å²) in [7, 11) is 0. The number of amides is 1. The third kappa shape index (κ3) is 3.35. The number of rotatable bonds is 4. The molecule has 1 aliphatic heterocycles. The number of nitrogens with one attached hydrogen (secondary N) is 2. The topological polar surface area (TPSA) is 66.9 Å². The van der Waals surface area contributed by atoms with Crippen molar-refractivity contribution in [1.82, 2.24) is 15.3 Å². The molecule has 6 rings (SSSR count). The fourth-order valence-electron chi connectivity index (χ4n) is 5.26. The summed E-state index contributed by atoms with van der Waals surface area (Å²) >= 11 is 0. The second kappa shape index (κ2) is 7.67. The van der Waals surface area contributed by atoms with Crippen LogP contribution in [0.25, 0.3) is 10.9 Å². The lowest BCUT2D eigenvalue weighted by Crippen LogP contribution is -2.35. The van der Waals surface area contributed by atoms with Crippen molar-refractivity contribution in [3.63, 3.8) is 0 Å². The quantitative estimate of drug-likeness (QED) is 0.465. The van der Waals surface area contributed by atoms with Crippen molar-refractivity contribution in [3.05, 3.63) is 100 Å². The lowest BCUT2D eigenvalue weighted by molar-refractivity contribution is -0.120. The zero-order valence-corrected chi connectivity index (χ0v) is 18.5. The van der Waals surface area contributed by atoms with Gasteiger partial charge in [-0.15, -0.1) is 0 Å². The van der Waals surface area contributed by atoms with Gasteiger partial charge in [-0.05, 0) is 78.4 Å². The Morgan fingerprint density at radius 2 is 1.82 bits per heavy atom. The molecule has 1 amide bonds. The molecule has 1 spiro atoms. The molecule has 5 nitrogen and oxygen atoms in total. The van der Waals surface area contributed by atoms with Crippen molar-refractivity contribution in [2.24, 2.45) is 0 Å². The van der Waals surface area contributed by atoms with E-state index in [0.717, 1.165) is 39.2 Å². The first-order chi connectivity index (χ1) is 16.4. The van der Waals surface area contributed by atoms with Crippen LogP contribution in [-0.4, -0.2) is 15.9 Å². The van der Waals surface area contributed by atoms with Gasteiger partial charge in [-0.2, -0.15) is 0 Å². The van der Waals surface area contributed by atoms with Crippen molar-refractivity contribution in [3.8, 4) is 0 Å². The predicted molar refractivity (Wildman–Crippen MR) is 125 cm³/mol. The van der Waals surface area contributed by atoms with E-state index in [2.05, 4.69) is 38.8 Å². The molecule has 0 bridgehead atoms. The zero-order chi connectivity index (χ0) is 23.4. The van der Waals surface area contributed by atoms with Crippen LogP contribution < -0.4 is 10.6 Å². The van der Waals surface area contributed by atoms with Gasteiger partial charge in [0.1, 0.15) is 17.5 Å². The molecule has 0 fully saturated rings. The van der Waals surface area contributed by atoms with E-state index in [-0.39, 0.29) is 11.9 Å². The van der Waals surface area contributed by atoms with Crippen LogP contribution in [0.1, 0.15) is 40.8 Å². The number of carbonyl (C=O) groups is 1. The highest BCUT2D eigenvalue weighted by Crippen LogP contribution is 2.47. The molecule has 1 aliphatic carbocycles. The van der Waals surface area contributed by atoms with Gasteiger partial charge in [0.25, 0.3) is 0 Å². The van der Waals surface area contributed by atoms with E-state index in [1.807, 2.05) is 25.3 Å². The Morgan fingerprint density at radius 1 is 1.06 bits per heavy atom. The third-order valence-corrected chi connectivity index (χ3v) is 7.03. The molecule has 2 N–H and O–H groups in total. The summed E-state index contributed by atoms with van der Waals surface area (Å²) in [5.41, 5.74) is 5.04. The van der Waals surface area contributed by atoms with Gasteiger partial charge in [0.2, 0.25) is 5.91 Å². The minimum Gasteiger partial charge on any atom is -0.310 e. The molecule has 34 heavy (non-hydrogen) atoms. The summed E-state index contributed by atoms with van der Waals surface area (Å²) in [5, 5.41) is 7.26. The van der Waals surface area contributed by atoms with Crippen molar-refractivity contribution in [2.45, 2.75) is 37.8 Å². The minimum absolute atomic E-state index is 0.00192. The number of halogens is 2. The second-order valence-electron chi connectivity index (χ2n) is 9.25. The minimum atomic E-state index is -0.608. The van der Waals surface area contributed by atoms with E-state index in [1.54, 1.807) is 6.20 Å². The molecule has 2 atom stereocenters. The van der Waals surface area contributed by atoms with E-state index in [4.69, 9.17) is 0 Å². The SMILES string of the molecule is C[C@@H](NCc1cnc2cc3c(cc2c1)C[C@@]1(C3)C(=O)Nc2ncccc21)c1cc(F)cc(F)c1. The highest BCUT2D eigenvalue weighted by Gasteiger charge is 2.51. The maximum Gasteiger partial charge on any atom is 0.237 e. The number of anilines is 1. The van der Waals surface area contributed by atoms with Gasteiger partial charge in [-0.25, -0.2) is 13.8 Å².